The van der Waals surface area contributed by atoms with Crippen LogP contribution in [0, 0.1) is 0 Å². The summed E-state index contributed by atoms with van der Waals surface area (Å²) in [5.41, 5.74) is 1.23. The van der Waals surface area contributed by atoms with Crippen molar-refractivity contribution in [2.24, 2.45) is 7.05 Å². The number of hydrogen-bond donors (Lipinski definition) is 1. The first-order chi connectivity index (χ1) is 6.61. The van der Waals surface area contributed by atoms with E-state index in [4.69, 9.17) is 0 Å². The van der Waals surface area contributed by atoms with E-state index in [-0.39, 0.29) is 11.5 Å². The zero-order chi connectivity index (χ0) is 10.3. The number of nitrogens with zero attached hydrogens (tertiary/aromatic N) is 2. The third kappa shape index (κ3) is 1.08. The van der Waals surface area contributed by atoms with Crippen molar-refractivity contribution in [2.75, 3.05) is 0 Å². The quantitative estimate of drug-likeness (QED) is 0.693. The highest BCUT2D eigenvalue weighted by Gasteiger charge is 2.12. The van der Waals surface area contributed by atoms with Crippen molar-refractivity contribution in [3.05, 3.63) is 24.0 Å². The van der Waals surface area contributed by atoms with Crippen molar-refractivity contribution >= 4 is 16.8 Å². The molecule has 72 valence electrons. The smallest absolute Gasteiger partial charge is 0.195 e. The summed E-state index contributed by atoms with van der Waals surface area (Å²) >= 11 is 0. The first-order valence-corrected chi connectivity index (χ1v) is 4.26. The molecule has 1 aromatic carbocycles. The monoisotopic (exact) mass is 190 g/mol. The summed E-state index contributed by atoms with van der Waals surface area (Å²) in [7, 11) is 1.76. The van der Waals surface area contributed by atoms with Crippen molar-refractivity contribution in [2.45, 2.75) is 6.92 Å². The van der Waals surface area contributed by atoms with Crippen LogP contribution in [-0.4, -0.2) is 20.4 Å². The van der Waals surface area contributed by atoms with Crippen LogP contribution in [0.15, 0.2) is 18.2 Å². The first kappa shape index (κ1) is 8.74. The second-order valence-electron chi connectivity index (χ2n) is 3.20. The van der Waals surface area contributed by atoms with Gasteiger partial charge in [-0.1, -0.05) is 6.07 Å². The van der Waals surface area contributed by atoms with Gasteiger partial charge in [-0.15, -0.1) is 0 Å². The fourth-order valence-corrected chi connectivity index (χ4v) is 1.51. The number of carbonyl (C=O) groups excluding carboxylic acids is 1. The third-order valence-electron chi connectivity index (χ3n) is 2.21. The SMILES string of the molecule is CC(=O)c1nc2c(O)cccc2n1C. The Bertz CT molecular complexity index is 514. The van der Waals surface area contributed by atoms with Gasteiger partial charge < -0.3 is 9.67 Å². The summed E-state index contributed by atoms with van der Waals surface area (Å²) in [6.45, 7) is 1.46. The van der Waals surface area contributed by atoms with Gasteiger partial charge in [-0.2, -0.15) is 0 Å². The lowest BCUT2D eigenvalue weighted by Gasteiger charge is -1.96. The third-order valence-corrected chi connectivity index (χ3v) is 2.21. The number of aromatic hydroxyl groups is 1. The van der Waals surface area contributed by atoms with Gasteiger partial charge in [0.2, 0.25) is 0 Å². The molecule has 4 heteroatoms. The first-order valence-electron chi connectivity index (χ1n) is 4.26. The van der Waals surface area contributed by atoms with Gasteiger partial charge in [-0.05, 0) is 12.1 Å². The highest BCUT2D eigenvalue weighted by atomic mass is 16.3. The maximum Gasteiger partial charge on any atom is 0.195 e. The molecule has 0 amide bonds. The standard InChI is InChI=1S/C10H10N2O2/c1-6(13)10-11-9-7(12(10)2)4-3-5-8(9)14/h3-5,14H,1-2H3. The Labute approximate surface area is 80.8 Å². The van der Waals surface area contributed by atoms with E-state index in [1.54, 1.807) is 23.7 Å². The molecule has 0 unspecified atom stereocenters. The number of phenols is 1. The predicted molar refractivity (Wildman–Crippen MR) is 52.4 cm³/mol. The number of benzene rings is 1. The van der Waals surface area contributed by atoms with E-state index in [2.05, 4.69) is 4.98 Å². The van der Waals surface area contributed by atoms with Gasteiger partial charge in [0.15, 0.2) is 11.6 Å². The summed E-state index contributed by atoms with van der Waals surface area (Å²) in [4.78, 5) is 15.3. The Morgan fingerprint density at radius 3 is 2.79 bits per heavy atom. The Hall–Kier alpha value is -1.84. The number of phenolic OH excluding ortho intramolecular Hbond substituents is 1. The van der Waals surface area contributed by atoms with Crippen LogP contribution in [-0.2, 0) is 7.05 Å². The fraction of sp³-hybridized carbons (Fsp3) is 0.200. The molecule has 1 N–H and O–H groups in total. The number of para-hydroxylation sites is 1. The molecule has 4 nitrogen and oxygen atoms in total. The molecule has 1 aromatic heterocycles. The number of aryl methyl sites for hydroxylation is 1. The molecule has 14 heavy (non-hydrogen) atoms. The van der Waals surface area contributed by atoms with E-state index in [1.165, 1.54) is 6.92 Å². The second kappa shape index (κ2) is 2.83. The molecule has 0 aliphatic rings. The van der Waals surface area contributed by atoms with E-state index in [0.717, 1.165) is 5.52 Å². The number of imidazole rings is 1. The summed E-state index contributed by atoms with van der Waals surface area (Å²) in [5.74, 6) is 0.357. The zero-order valence-corrected chi connectivity index (χ0v) is 7.98. The number of Topliss-reactive ketones (excluding diaryl/α,β-unsaturated/α-hetero) is 1. The highest BCUT2D eigenvalue weighted by molar-refractivity contribution is 5.95. The van der Waals surface area contributed by atoms with E-state index < -0.39 is 0 Å². The molecule has 0 bridgehead atoms. The predicted octanol–water partition coefficient (Wildman–Crippen LogP) is 1.48. The summed E-state index contributed by atoms with van der Waals surface area (Å²) in [6, 6.07) is 5.09. The zero-order valence-electron chi connectivity index (χ0n) is 7.98. The van der Waals surface area contributed by atoms with Gasteiger partial charge in [-0.3, -0.25) is 4.79 Å². The highest BCUT2D eigenvalue weighted by Crippen LogP contribution is 2.23. The summed E-state index contributed by atoms with van der Waals surface area (Å²) < 4.78 is 1.68. The van der Waals surface area contributed by atoms with Crippen LogP contribution in [0.5, 0.6) is 5.75 Å². The Kier molecular flexibility index (Phi) is 1.77. The minimum absolute atomic E-state index is 0.102. The Morgan fingerprint density at radius 1 is 1.50 bits per heavy atom. The summed E-state index contributed by atoms with van der Waals surface area (Å²) in [6.07, 6.45) is 0. The maximum absolute atomic E-state index is 11.2. The van der Waals surface area contributed by atoms with Gasteiger partial charge in [0, 0.05) is 14.0 Å². The Morgan fingerprint density at radius 2 is 2.21 bits per heavy atom. The summed E-state index contributed by atoms with van der Waals surface area (Å²) in [5, 5.41) is 9.50. The lowest BCUT2D eigenvalue weighted by Crippen LogP contribution is -2.02. The van der Waals surface area contributed by atoms with E-state index in [0.29, 0.717) is 11.3 Å². The normalized spacial score (nSPS) is 10.7. The van der Waals surface area contributed by atoms with Crippen molar-refractivity contribution < 1.29 is 9.90 Å². The van der Waals surface area contributed by atoms with Crippen LogP contribution in [0.4, 0.5) is 0 Å². The molecule has 0 radical (unpaired) electrons. The number of fused-ring (bicyclic) bond motifs is 1. The van der Waals surface area contributed by atoms with Crippen LogP contribution in [0.3, 0.4) is 0 Å². The van der Waals surface area contributed by atoms with Crippen LogP contribution in [0.2, 0.25) is 0 Å². The molecule has 0 saturated heterocycles. The molecule has 0 aliphatic heterocycles. The Balaban J connectivity index is 2.86. The van der Waals surface area contributed by atoms with Crippen molar-refractivity contribution in [1.29, 1.82) is 0 Å². The minimum atomic E-state index is -0.108. The molecule has 0 atom stereocenters. The van der Waals surface area contributed by atoms with E-state index in [1.807, 2.05) is 6.07 Å². The van der Waals surface area contributed by atoms with Crippen molar-refractivity contribution in [3.63, 3.8) is 0 Å². The van der Waals surface area contributed by atoms with Gasteiger partial charge in [0.1, 0.15) is 11.3 Å². The number of rotatable bonds is 1. The molecule has 0 aliphatic carbocycles. The molecule has 0 fully saturated rings. The van der Waals surface area contributed by atoms with Gasteiger partial charge in [0.25, 0.3) is 0 Å². The molecular weight excluding hydrogens is 180 g/mol. The topological polar surface area (TPSA) is 55.1 Å². The molecule has 2 rings (SSSR count). The average molecular weight is 190 g/mol. The van der Waals surface area contributed by atoms with Gasteiger partial charge in [0.05, 0.1) is 5.52 Å². The number of carbonyl (C=O) groups is 1. The number of aromatic nitrogens is 2. The maximum atomic E-state index is 11.2. The van der Waals surface area contributed by atoms with Crippen molar-refractivity contribution in [1.82, 2.24) is 9.55 Å². The molecule has 2 aromatic rings. The number of hydrogen-bond acceptors (Lipinski definition) is 3. The fourth-order valence-electron chi connectivity index (χ4n) is 1.51. The van der Waals surface area contributed by atoms with Crippen LogP contribution in [0.1, 0.15) is 17.5 Å². The van der Waals surface area contributed by atoms with E-state index >= 15 is 0 Å². The molecule has 0 spiro atoms. The molecular formula is C10H10N2O2. The molecule has 0 saturated carbocycles. The minimum Gasteiger partial charge on any atom is -0.506 e. The molecule has 1 heterocycles. The van der Waals surface area contributed by atoms with Crippen LogP contribution < -0.4 is 0 Å². The van der Waals surface area contributed by atoms with Crippen LogP contribution in [0.25, 0.3) is 11.0 Å². The van der Waals surface area contributed by atoms with Gasteiger partial charge in [-0.25, -0.2) is 4.98 Å². The average Bonchev–Trinajstić information content (AvgIpc) is 2.46. The van der Waals surface area contributed by atoms with Crippen molar-refractivity contribution in [3.8, 4) is 5.75 Å². The lowest BCUT2D eigenvalue weighted by atomic mass is 10.3. The van der Waals surface area contributed by atoms with Crippen LogP contribution >= 0.6 is 0 Å². The van der Waals surface area contributed by atoms with E-state index in [9.17, 15) is 9.90 Å². The second-order valence-corrected chi connectivity index (χ2v) is 3.20. The lowest BCUT2D eigenvalue weighted by molar-refractivity contribution is 0.100. The largest absolute Gasteiger partial charge is 0.506 e. The van der Waals surface area contributed by atoms with Gasteiger partial charge >= 0.3 is 0 Å². The number of ketones is 1.